The molecular formula is C22H27F5O. The highest BCUT2D eigenvalue weighted by atomic mass is 19.4. The summed E-state index contributed by atoms with van der Waals surface area (Å²) >= 11 is 0. The van der Waals surface area contributed by atoms with E-state index in [2.05, 4.69) is 16.9 Å². The lowest BCUT2D eigenvalue weighted by Gasteiger charge is -2.36. The third-order valence-electron chi connectivity index (χ3n) is 6.37. The zero-order valence-electron chi connectivity index (χ0n) is 16.1. The van der Waals surface area contributed by atoms with Crippen LogP contribution in [0.5, 0.6) is 5.75 Å². The molecule has 2 aliphatic rings. The second-order valence-electron chi connectivity index (χ2n) is 8.12. The van der Waals surface area contributed by atoms with E-state index in [0.717, 1.165) is 37.7 Å². The summed E-state index contributed by atoms with van der Waals surface area (Å²) in [6, 6.07) is 1.04. The monoisotopic (exact) mass is 402 g/mol. The van der Waals surface area contributed by atoms with Crippen LogP contribution in [-0.4, -0.2) is 6.36 Å². The molecule has 1 unspecified atom stereocenters. The number of halogens is 5. The molecule has 0 bridgehead atoms. The average molecular weight is 402 g/mol. The van der Waals surface area contributed by atoms with Crippen LogP contribution in [0.3, 0.4) is 0 Å². The Bertz CT molecular complexity index is 702. The van der Waals surface area contributed by atoms with E-state index in [1.54, 1.807) is 0 Å². The van der Waals surface area contributed by atoms with Gasteiger partial charge in [0.25, 0.3) is 0 Å². The number of hydrogen-bond acceptors (Lipinski definition) is 1. The van der Waals surface area contributed by atoms with Crippen molar-refractivity contribution >= 4 is 0 Å². The van der Waals surface area contributed by atoms with Gasteiger partial charge < -0.3 is 4.74 Å². The topological polar surface area (TPSA) is 9.23 Å². The number of alkyl halides is 3. The lowest BCUT2D eigenvalue weighted by Crippen LogP contribution is -2.28. The van der Waals surface area contributed by atoms with Crippen molar-refractivity contribution in [1.29, 1.82) is 0 Å². The minimum atomic E-state index is -5.11. The maximum Gasteiger partial charge on any atom is 0.573 e. The maximum absolute atomic E-state index is 14.4. The number of hydrogen-bond donors (Lipinski definition) is 0. The molecule has 0 saturated heterocycles. The van der Waals surface area contributed by atoms with Crippen molar-refractivity contribution in [2.24, 2.45) is 17.8 Å². The Morgan fingerprint density at radius 3 is 2.43 bits per heavy atom. The first kappa shape index (κ1) is 21.1. The van der Waals surface area contributed by atoms with Gasteiger partial charge in [-0.1, -0.05) is 25.0 Å². The Morgan fingerprint density at radius 2 is 1.79 bits per heavy atom. The number of benzene rings is 1. The van der Waals surface area contributed by atoms with Gasteiger partial charge in [-0.15, -0.1) is 13.2 Å². The van der Waals surface area contributed by atoms with Gasteiger partial charge in [-0.2, -0.15) is 0 Å². The molecule has 156 valence electrons. The van der Waals surface area contributed by atoms with E-state index in [4.69, 9.17) is 0 Å². The molecule has 0 aliphatic heterocycles. The second-order valence-corrected chi connectivity index (χ2v) is 8.12. The van der Waals surface area contributed by atoms with Crippen LogP contribution in [-0.2, 0) is 12.8 Å². The first-order chi connectivity index (χ1) is 13.3. The van der Waals surface area contributed by atoms with E-state index >= 15 is 0 Å². The summed E-state index contributed by atoms with van der Waals surface area (Å²) in [5.74, 6) is -2.17. The summed E-state index contributed by atoms with van der Waals surface area (Å²) < 4.78 is 69.3. The van der Waals surface area contributed by atoms with Crippen molar-refractivity contribution in [1.82, 2.24) is 0 Å². The smallest absolute Gasteiger partial charge is 0.399 e. The molecule has 0 radical (unpaired) electrons. The molecule has 1 fully saturated rings. The fourth-order valence-electron chi connectivity index (χ4n) is 4.91. The van der Waals surface area contributed by atoms with Crippen molar-refractivity contribution < 1.29 is 26.7 Å². The van der Waals surface area contributed by atoms with E-state index in [9.17, 15) is 22.0 Å². The Labute approximate surface area is 163 Å². The van der Waals surface area contributed by atoms with Gasteiger partial charge in [0, 0.05) is 0 Å². The van der Waals surface area contributed by atoms with Crippen molar-refractivity contribution in [2.75, 3.05) is 0 Å². The number of fused-ring (bicyclic) bond motifs is 1. The van der Waals surface area contributed by atoms with Crippen LogP contribution in [0, 0.1) is 29.4 Å². The number of ether oxygens (including phenoxy) is 1. The van der Waals surface area contributed by atoms with Gasteiger partial charge in [-0.25, -0.2) is 8.78 Å². The van der Waals surface area contributed by atoms with E-state index in [1.165, 1.54) is 19.3 Å². The molecule has 1 aromatic carbocycles. The molecule has 1 saturated carbocycles. The quantitative estimate of drug-likeness (QED) is 0.376. The molecular weight excluding hydrogens is 375 g/mol. The summed E-state index contributed by atoms with van der Waals surface area (Å²) in [5, 5.41) is 0. The van der Waals surface area contributed by atoms with Crippen LogP contribution in [0.15, 0.2) is 18.2 Å². The Kier molecular flexibility index (Phi) is 6.66. The van der Waals surface area contributed by atoms with E-state index < -0.39 is 23.7 Å². The highest BCUT2D eigenvalue weighted by molar-refractivity contribution is 5.41. The van der Waals surface area contributed by atoms with Gasteiger partial charge >= 0.3 is 6.36 Å². The molecule has 2 aliphatic carbocycles. The Hall–Kier alpha value is -1.59. The van der Waals surface area contributed by atoms with Gasteiger partial charge in [-0.05, 0) is 86.8 Å². The molecule has 0 N–H and O–H groups in total. The fourth-order valence-corrected chi connectivity index (χ4v) is 4.91. The Balaban J connectivity index is 1.64. The SMILES string of the molecule is C/C=C/CCC1CCC(C2CCc3c(cc(F)c(OC(F)(F)F)c3F)C2)CC1. The average Bonchev–Trinajstić information content (AvgIpc) is 2.65. The predicted molar refractivity (Wildman–Crippen MR) is 98.1 cm³/mol. The molecule has 0 spiro atoms. The summed E-state index contributed by atoms with van der Waals surface area (Å²) in [5.41, 5.74) is 0.674. The van der Waals surface area contributed by atoms with Gasteiger partial charge in [0.15, 0.2) is 11.6 Å². The highest BCUT2D eigenvalue weighted by Crippen LogP contribution is 2.43. The molecule has 6 heteroatoms. The second kappa shape index (κ2) is 8.83. The van der Waals surface area contributed by atoms with Crippen LogP contribution in [0.4, 0.5) is 22.0 Å². The van der Waals surface area contributed by atoms with Crippen molar-refractivity contribution in [3.8, 4) is 5.75 Å². The van der Waals surface area contributed by atoms with E-state index in [-0.39, 0.29) is 5.56 Å². The third kappa shape index (κ3) is 5.06. The molecule has 3 rings (SSSR count). The fraction of sp³-hybridized carbons (Fsp3) is 0.636. The lowest BCUT2D eigenvalue weighted by atomic mass is 9.69. The van der Waals surface area contributed by atoms with Crippen LogP contribution >= 0.6 is 0 Å². The van der Waals surface area contributed by atoms with Crippen LogP contribution < -0.4 is 4.74 Å². The minimum absolute atomic E-state index is 0.178. The number of allylic oxidation sites excluding steroid dienone is 2. The van der Waals surface area contributed by atoms with Crippen molar-refractivity contribution in [3.63, 3.8) is 0 Å². The lowest BCUT2D eigenvalue weighted by molar-refractivity contribution is -0.276. The summed E-state index contributed by atoms with van der Waals surface area (Å²) in [4.78, 5) is 0. The third-order valence-corrected chi connectivity index (χ3v) is 6.37. The van der Waals surface area contributed by atoms with Crippen molar-refractivity contribution in [3.05, 3.63) is 41.0 Å². The van der Waals surface area contributed by atoms with Gasteiger partial charge in [0.05, 0.1) is 0 Å². The number of rotatable bonds is 5. The zero-order chi connectivity index (χ0) is 20.3. The maximum atomic E-state index is 14.4. The summed E-state index contributed by atoms with van der Waals surface area (Å²) in [7, 11) is 0. The molecule has 0 heterocycles. The summed E-state index contributed by atoms with van der Waals surface area (Å²) in [6.45, 7) is 2.03. The summed E-state index contributed by atoms with van der Waals surface area (Å²) in [6.07, 6.45) is 7.71. The van der Waals surface area contributed by atoms with Gasteiger partial charge in [-0.3, -0.25) is 0 Å². The van der Waals surface area contributed by atoms with Crippen LogP contribution in [0.25, 0.3) is 0 Å². The normalized spacial score (nSPS) is 25.7. The van der Waals surface area contributed by atoms with E-state index in [1.807, 2.05) is 6.92 Å². The van der Waals surface area contributed by atoms with Crippen molar-refractivity contribution in [2.45, 2.75) is 71.1 Å². The zero-order valence-corrected chi connectivity index (χ0v) is 16.1. The first-order valence-electron chi connectivity index (χ1n) is 10.1. The predicted octanol–water partition coefficient (Wildman–Crippen LogP) is 7.13. The molecule has 0 amide bonds. The highest BCUT2D eigenvalue weighted by Gasteiger charge is 2.37. The van der Waals surface area contributed by atoms with Crippen LogP contribution in [0.1, 0.15) is 63.0 Å². The standard InChI is InChI=1S/C22H27F5O/c1-2-3-4-5-14-6-8-15(9-7-14)16-10-11-18-17(12-16)13-19(23)21(20(18)24)28-22(25,26)27/h2-3,13-16H,4-12H2,1H3/b3-2+. The molecule has 1 nitrogen and oxygen atoms in total. The van der Waals surface area contributed by atoms with E-state index in [0.29, 0.717) is 30.2 Å². The van der Waals surface area contributed by atoms with Gasteiger partial charge in [0.1, 0.15) is 0 Å². The van der Waals surface area contributed by atoms with Crippen LogP contribution in [0.2, 0.25) is 0 Å². The van der Waals surface area contributed by atoms with Gasteiger partial charge in [0.2, 0.25) is 5.75 Å². The molecule has 28 heavy (non-hydrogen) atoms. The first-order valence-corrected chi connectivity index (χ1v) is 10.1. The molecule has 1 aromatic rings. The largest absolute Gasteiger partial charge is 0.573 e. The molecule has 1 atom stereocenters. The Morgan fingerprint density at radius 1 is 1.07 bits per heavy atom. The molecule has 0 aromatic heterocycles. The minimum Gasteiger partial charge on any atom is -0.399 e.